The summed E-state index contributed by atoms with van der Waals surface area (Å²) in [6, 6.07) is 11.6. The lowest BCUT2D eigenvalue weighted by atomic mass is 9.83. The van der Waals surface area contributed by atoms with E-state index in [1.165, 1.54) is 56.9 Å². The third-order valence-electron chi connectivity index (χ3n) is 4.39. The molecule has 0 heterocycles. The van der Waals surface area contributed by atoms with Gasteiger partial charge < -0.3 is 5.32 Å². The SMILES string of the molecule is CCCNC(c1ccccc1)C1CCCCCCC1. The number of hydrogen-bond donors (Lipinski definition) is 1. The highest BCUT2D eigenvalue weighted by Crippen LogP contribution is 2.32. The van der Waals surface area contributed by atoms with Gasteiger partial charge in [0.25, 0.3) is 0 Å². The van der Waals surface area contributed by atoms with E-state index in [2.05, 4.69) is 42.6 Å². The second kappa shape index (κ2) is 8.37. The van der Waals surface area contributed by atoms with Crippen LogP contribution in [-0.2, 0) is 0 Å². The Morgan fingerprint density at radius 2 is 1.63 bits per heavy atom. The summed E-state index contributed by atoms with van der Waals surface area (Å²) in [5.41, 5.74) is 1.49. The summed E-state index contributed by atoms with van der Waals surface area (Å²) >= 11 is 0. The van der Waals surface area contributed by atoms with E-state index in [1.54, 1.807) is 0 Å². The van der Waals surface area contributed by atoms with Crippen LogP contribution in [0.15, 0.2) is 30.3 Å². The van der Waals surface area contributed by atoms with Crippen molar-refractivity contribution in [3.8, 4) is 0 Å². The van der Waals surface area contributed by atoms with Gasteiger partial charge in [-0.25, -0.2) is 0 Å². The summed E-state index contributed by atoms with van der Waals surface area (Å²) in [4.78, 5) is 0. The minimum absolute atomic E-state index is 0.569. The van der Waals surface area contributed by atoms with Gasteiger partial charge in [-0.05, 0) is 37.3 Å². The molecule has 2 rings (SSSR count). The van der Waals surface area contributed by atoms with Crippen LogP contribution in [0.25, 0.3) is 0 Å². The molecule has 1 heteroatoms. The molecule has 1 atom stereocenters. The maximum atomic E-state index is 3.80. The van der Waals surface area contributed by atoms with Crippen molar-refractivity contribution in [3.05, 3.63) is 35.9 Å². The minimum atomic E-state index is 0.569. The molecule has 1 fully saturated rings. The molecule has 0 amide bonds. The molecule has 1 aromatic rings. The molecule has 19 heavy (non-hydrogen) atoms. The van der Waals surface area contributed by atoms with E-state index in [1.807, 2.05) is 0 Å². The van der Waals surface area contributed by atoms with Gasteiger partial charge in [-0.3, -0.25) is 0 Å². The summed E-state index contributed by atoms with van der Waals surface area (Å²) in [6.45, 7) is 3.39. The first-order valence-corrected chi connectivity index (χ1v) is 8.20. The third-order valence-corrected chi connectivity index (χ3v) is 4.39. The largest absolute Gasteiger partial charge is 0.310 e. The van der Waals surface area contributed by atoms with Gasteiger partial charge >= 0.3 is 0 Å². The molecule has 1 saturated carbocycles. The maximum absolute atomic E-state index is 3.80. The monoisotopic (exact) mass is 259 g/mol. The number of nitrogens with one attached hydrogen (secondary N) is 1. The molecule has 1 unspecified atom stereocenters. The van der Waals surface area contributed by atoms with Crippen molar-refractivity contribution in [1.29, 1.82) is 0 Å². The minimum Gasteiger partial charge on any atom is -0.310 e. The van der Waals surface area contributed by atoms with Crippen molar-refractivity contribution in [2.75, 3.05) is 6.54 Å². The Morgan fingerprint density at radius 3 is 2.26 bits per heavy atom. The van der Waals surface area contributed by atoms with Crippen LogP contribution in [0, 0.1) is 5.92 Å². The van der Waals surface area contributed by atoms with Gasteiger partial charge in [0.15, 0.2) is 0 Å². The lowest BCUT2D eigenvalue weighted by molar-refractivity contribution is 0.288. The van der Waals surface area contributed by atoms with Crippen LogP contribution in [-0.4, -0.2) is 6.54 Å². The summed E-state index contributed by atoms with van der Waals surface area (Å²) in [5.74, 6) is 0.828. The van der Waals surface area contributed by atoms with Crippen molar-refractivity contribution < 1.29 is 0 Å². The maximum Gasteiger partial charge on any atom is 0.0348 e. The van der Waals surface area contributed by atoms with Crippen molar-refractivity contribution in [3.63, 3.8) is 0 Å². The standard InChI is InChI=1S/C18H29N/c1-2-15-19-18(17-13-9-6-10-14-17)16-11-7-4-3-5-8-12-16/h6,9-10,13-14,16,18-19H,2-5,7-8,11-12,15H2,1H3. The molecule has 0 saturated heterocycles. The molecule has 1 nitrogen and oxygen atoms in total. The van der Waals surface area contributed by atoms with Gasteiger partial charge in [-0.15, -0.1) is 0 Å². The topological polar surface area (TPSA) is 12.0 Å². The molecule has 0 bridgehead atoms. The molecular weight excluding hydrogens is 230 g/mol. The van der Waals surface area contributed by atoms with E-state index >= 15 is 0 Å². The fraction of sp³-hybridized carbons (Fsp3) is 0.667. The molecule has 0 aromatic heterocycles. The number of benzene rings is 1. The summed E-state index contributed by atoms with van der Waals surface area (Å²) < 4.78 is 0. The van der Waals surface area contributed by atoms with Crippen LogP contribution in [0.3, 0.4) is 0 Å². The van der Waals surface area contributed by atoms with Gasteiger partial charge in [0.1, 0.15) is 0 Å². The second-order valence-electron chi connectivity index (χ2n) is 5.95. The van der Waals surface area contributed by atoms with E-state index in [-0.39, 0.29) is 0 Å². The van der Waals surface area contributed by atoms with Gasteiger partial charge in [-0.2, -0.15) is 0 Å². The van der Waals surface area contributed by atoms with Crippen LogP contribution < -0.4 is 5.32 Å². The van der Waals surface area contributed by atoms with Gasteiger partial charge in [0.05, 0.1) is 0 Å². The van der Waals surface area contributed by atoms with E-state index in [9.17, 15) is 0 Å². The Morgan fingerprint density at radius 1 is 1.00 bits per heavy atom. The highest BCUT2D eigenvalue weighted by Gasteiger charge is 2.22. The molecule has 0 spiro atoms. The molecule has 1 aromatic carbocycles. The van der Waals surface area contributed by atoms with Crippen LogP contribution in [0.1, 0.15) is 69.9 Å². The zero-order chi connectivity index (χ0) is 13.3. The lowest BCUT2D eigenvalue weighted by Gasteiger charge is -2.30. The molecule has 1 N–H and O–H groups in total. The van der Waals surface area contributed by atoms with E-state index in [4.69, 9.17) is 0 Å². The molecule has 1 aliphatic rings. The van der Waals surface area contributed by atoms with Crippen molar-refractivity contribution >= 4 is 0 Å². The fourth-order valence-corrected chi connectivity index (χ4v) is 3.34. The third kappa shape index (κ3) is 4.65. The summed E-state index contributed by atoms with van der Waals surface area (Å²) in [5, 5.41) is 3.80. The zero-order valence-corrected chi connectivity index (χ0v) is 12.4. The zero-order valence-electron chi connectivity index (χ0n) is 12.4. The molecule has 0 aliphatic heterocycles. The van der Waals surface area contributed by atoms with Crippen molar-refractivity contribution in [1.82, 2.24) is 5.32 Å². The highest BCUT2D eigenvalue weighted by molar-refractivity contribution is 5.19. The summed E-state index contributed by atoms with van der Waals surface area (Å²) in [7, 11) is 0. The fourth-order valence-electron chi connectivity index (χ4n) is 3.34. The molecule has 106 valence electrons. The van der Waals surface area contributed by atoms with E-state index in [0.717, 1.165) is 12.5 Å². The smallest absolute Gasteiger partial charge is 0.0348 e. The van der Waals surface area contributed by atoms with Crippen LogP contribution in [0.5, 0.6) is 0 Å². The Balaban J connectivity index is 2.06. The lowest BCUT2D eigenvalue weighted by Crippen LogP contribution is -2.29. The highest BCUT2D eigenvalue weighted by atomic mass is 14.9. The number of hydrogen-bond acceptors (Lipinski definition) is 1. The predicted octanol–water partition coefficient (Wildman–Crippen LogP) is 5.09. The first kappa shape index (κ1) is 14.6. The molecule has 0 radical (unpaired) electrons. The van der Waals surface area contributed by atoms with Crippen molar-refractivity contribution in [2.24, 2.45) is 5.92 Å². The Bertz CT molecular complexity index is 325. The van der Waals surface area contributed by atoms with E-state index in [0.29, 0.717) is 6.04 Å². The van der Waals surface area contributed by atoms with Crippen LogP contribution in [0.4, 0.5) is 0 Å². The van der Waals surface area contributed by atoms with Crippen LogP contribution >= 0.6 is 0 Å². The average Bonchev–Trinajstić information content (AvgIpc) is 2.42. The first-order valence-electron chi connectivity index (χ1n) is 8.20. The summed E-state index contributed by atoms with van der Waals surface area (Å²) in [6.07, 6.45) is 11.2. The van der Waals surface area contributed by atoms with Crippen molar-refractivity contribution in [2.45, 2.75) is 64.3 Å². The normalized spacial score (nSPS) is 19.6. The Hall–Kier alpha value is -0.820. The average molecular weight is 259 g/mol. The predicted molar refractivity (Wildman–Crippen MR) is 83.3 cm³/mol. The van der Waals surface area contributed by atoms with Gasteiger partial charge in [0, 0.05) is 6.04 Å². The quantitative estimate of drug-likeness (QED) is 0.777. The first-order chi connectivity index (χ1) is 9.42. The Kier molecular flexibility index (Phi) is 6.43. The Labute approximate surface area is 118 Å². The van der Waals surface area contributed by atoms with Gasteiger partial charge in [-0.1, -0.05) is 69.4 Å². The second-order valence-corrected chi connectivity index (χ2v) is 5.95. The molecule has 1 aliphatic carbocycles. The van der Waals surface area contributed by atoms with E-state index < -0.39 is 0 Å². The molecular formula is C18H29N. The van der Waals surface area contributed by atoms with Crippen LogP contribution in [0.2, 0.25) is 0 Å². The number of rotatable bonds is 5. The van der Waals surface area contributed by atoms with Gasteiger partial charge in [0.2, 0.25) is 0 Å².